The molecule has 0 aliphatic heterocycles. The van der Waals surface area contributed by atoms with Gasteiger partial charge in [-0.3, -0.25) is 5.32 Å². The molecular formula is C14H16N2O. The Bertz CT molecular complexity index is 411. The molecule has 0 aliphatic rings. The summed E-state index contributed by atoms with van der Waals surface area (Å²) in [5.74, 6) is 3.40. The lowest BCUT2D eigenvalue weighted by Gasteiger charge is -2.10. The van der Waals surface area contributed by atoms with Crippen molar-refractivity contribution in [2.75, 3.05) is 6.61 Å². The van der Waals surface area contributed by atoms with Crippen molar-refractivity contribution in [2.24, 2.45) is 0 Å². The van der Waals surface area contributed by atoms with E-state index in [0.29, 0.717) is 5.75 Å². The van der Waals surface area contributed by atoms with Crippen LogP contribution in [0.4, 0.5) is 0 Å². The monoisotopic (exact) mass is 228 g/mol. The Labute approximate surface area is 102 Å². The van der Waals surface area contributed by atoms with Crippen molar-refractivity contribution in [3.05, 3.63) is 29.8 Å². The van der Waals surface area contributed by atoms with E-state index in [-0.39, 0.29) is 12.6 Å². The lowest BCUT2D eigenvalue weighted by atomic mass is 10.2. The van der Waals surface area contributed by atoms with Crippen molar-refractivity contribution in [3.8, 4) is 24.2 Å². The Kier molecular flexibility index (Phi) is 5.64. The minimum atomic E-state index is 0.0760. The number of ether oxygens (including phenoxy) is 1. The normalized spacial score (nSPS) is 11.2. The highest BCUT2D eigenvalue weighted by Crippen LogP contribution is 2.12. The van der Waals surface area contributed by atoms with Crippen molar-refractivity contribution in [3.63, 3.8) is 0 Å². The summed E-state index contributed by atoms with van der Waals surface area (Å²) in [6.45, 7) is 2.87. The molecule has 0 heterocycles. The van der Waals surface area contributed by atoms with Crippen LogP contribution in [-0.4, -0.2) is 12.6 Å². The number of benzene rings is 1. The van der Waals surface area contributed by atoms with Crippen LogP contribution in [0.1, 0.15) is 18.9 Å². The summed E-state index contributed by atoms with van der Waals surface area (Å²) in [5, 5.41) is 11.6. The first-order valence-corrected chi connectivity index (χ1v) is 5.58. The van der Waals surface area contributed by atoms with Gasteiger partial charge in [-0.1, -0.05) is 25.0 Å². The largest absolute Gasteiger partial charge is 0.479 e. The van der Waals surface area contributed by atoms with Crippen LogP contribution in [0.25, 0.3) is 0 Å². The maximum absolute atomic E-state index is 8.38. The van der Waals surface area contributed by atoms with E-state index in [9.17, 15) is 0 Å². The Hall–Kier alpha value is -1.97. The molecule has 0 bridgehead atoms. The van der Waals surface area contributed by atoms with E-state index in [2.05, 4.69) is 18.2 Å². The van der Waals surface area contributed by atoms with Crippen LogP contribution in [0.15, 0.2) is 24.3 Å². The van der Waals surface area contributed by atoms with E-state index < -0.39 is 0 Å². The fourth-order valence-corrected chi connectivity index (χ4v) is 1.38. The Morgan fingerprint density at radius 3 is 2.65 bits per heavy atom. The maximum atomic E-state index is 8.38. The molecule has 0 saturated heterocycles. The summed E-state index contributed by atoms with van der Waals surface area (Å²) in [4.78, 5) is 0. The standard InChI is InChI=1S/C14H16N2O/c1-3-13(4-2)16-11-12-5-7-14(8-6-12)17-10-9-15/h1,5-8,13,16H,4,10-11H2,2H3. The molecule has 1 rings (SSSR count). The minimum absolute atomic E-state index is 0.0760. The van der Waals surface area contributed by atoms with Gasteiger partial charge < -0.3 is 4.74 Å². The van der Waals surface area contributed by atoms with Gasteiger partial charge in [-0.25, -0.2) is 0 Å². The Balaban J connectivity index is 2.46. The van der Waals surface area contributed by atoms with Crippen LogP contribution < -0.4 is 10.1 Å². The predicted molar refractivity (Wildman–Crippen MR) is 67.3 cm³/mol. The van der Waals surface area contributed by atoms with E-state index in [0.717, 1.165) is 18.5 Å². The third-order valence-electron chi connectivity index (χ3n) is 2.39. The molecule has 1 atom stereocenters. The third kappa shape index (κ3) is 4.59. The average molecular weight is 228 g/mol. The molecule has 0 saturated carbocycles. The first-order chi connectivity index (χ1) is 8.30. The zero-order chi connectivity index (χ0) is 12.5. The molecule has 1 aromatic rings. The minimum Gasteiger partial charge on any atom is -0.479 e. The van der Waals surface area contributed by atoms with Gasteiger partial charge in [0, 0.05) is 6.54 Å². The molecule has 0 radical (unpaired) electrons. The molecule has 1 N–H and O–H groups in total. The molecule has 17 heavy (non-hydrogen) atoms. The number of nitriles is 1. The van der Waals surface area contributed by atoms with Gasteiger partial charge in [-0.2, -0.15) is 5.26 Å². The van der Waals surface area contributed by atoms with Crippen molar-refractivity contribution >= 4 is 0 Å². The fraction of sp³-hybridized carbons (Fsp3) is 0.357. The summed E-state index contributed by atoms with van der Waals surface area (Å²) in [5.41, 5.74) is 1.14. The van der Waals surface area contributed by atoms with E-state index >= 15 is 0 Å². The topological polar surface area (TPSA) is 45.0 Å². The summed E-state index contributed by atoms with van der Waals surface area (Å²) in [6, 6.07) is 9.67. The molecule has 0 spiro atoms. The molecule has 0 aromatic heterocycles. The van der Waals surface area contributed by atoms with Crippen LogP contribution in [0.5, 0.6) is 5.75 Å². The molecule has 3 nitrogen and oxygen atoms in total. The Morgan fingerprint density at radius 1 is 1.41 bits per heavy atom. The highest BCUT2D eigenvalue weighted by molar-refractivity contribution is 5.27. The molecule has 0 aliphatic carbocycles. The van der Waals surface area contributed by atoms with Crippen molar-refractivity contribution < 1.29 is 4.74 Å². The molecule has 1 aromatic carbocycles. The Morgan fingerprint density at radius 2 is 2.12 bits per heavy atom. The van der Waals surface area contributed by atoms with Gasteiger partial charge in [0.05, 0.1) is 6.04 Å². The average Bonchev–Trinajstić information content (AvgIpc) is 2.39. The summed E-state index contributed by atoms with van der Waals surface area (Å²) >= 11 is 0. The SMILES string of the molecule is C#CC(CC)NCc1ccc(OCC#N)cc1. The zero-order valence-electron chi connectivity index (χ0n) is 9.94. The number of terminal acetylenes is 1. The van der Waals surface area contributed by atoms with E-state index in [1.807, 2.05) is 30.3 Å². The van der Waals surface area contributed by atoms with E-state index in [1.54, 1.807) is 0 Å². The van der Waals surface area contributed by atoms with Crippen molar-refractivity contribution in [1.29, 1.82) is 5.26 Å². The molecule has 3 heteroatoms. The van der Waals surface area contributed by atoms with Gasteiger partial charge in [0.25, 0.3) is 0 Å². The van der Waals surface area contributed by atoms with Crippen LogP contribution >= 0.6 is 0 Å². The predicted octanol–water partition coefficient (Wildman–Crippen LogP) is 2.09. The highest BCUT2D eigenvalue weighted by Gasteiger charge is 2.01. The van der Waals surface area contributed by atoms with Crippen molar-refractivity contribution in [1.82, 2.24) is 5.32 Å². The second-order valence-corrected chi connectivity index (χ2v) is 3.60. The number of nitrogens with one attached hydrogen (secondary N) is 1. The molecule has 88 valence electrons. The summed E-state index contributed by atoms with van der Waals surface area (Å²) in [7, 11) is 0. The molecular weight excluding hydrogens is 212 g/mol. The van der Waals surface area contributed by atoms with Gasteiger partial charge in [0.15, 0.2) is 6.61 Å². The van der Waals surface area contributed by atoms with Crippen molar-refractivity contribution in [2.45, 2.75) is 25.9 Å². The fourth-order valence-electron chi connectivity index (χ4n) is 1.38. The van der Waals surface area contributed by atoms with Crippen LogP contribution in [-0.2, 0) is 6.54 Å². The molecule has 1 unspecified atom stereocenters. The number of hydrogen-bond donors (Lipinski definition) is 1. The highest BCUT2D eigenvalue weighted by atomic mass is 16.5. The summed E-state index contributed by atoms with van der Waals surface area (Å²) in [6.07, 6.45) is 6.28. The first kappa shape index (κ1) is 13.1. The summed E-state index contributed by atoms with van der Waals surface area (Å²) < 4.78 is 5.16. The zero-order valence-corrected chi connectivity index (χ0v) is 9.94. The van der Waals surface area contributed by atoms with Crippen LogP contribution in [0, 0.1) is 23.7 Å². The number of hydrogen-bond acceptors (Lipinski definition) is 3. The van der Waals surface area contributed by atoms with Gasteiger partial charge in [0.1, 0.15) is 11.8 Å². The van der Waals surface area contributed by atoms with Gasteiger partial charge in [0.2, 0.25) is 0 Å². The lowest BCUT2D eigenvalue weighted by molar-refractivity contribution is 0.368. The van der Waals surface area contributed by atoms with Gasteiger partial charge in [-0.15, -0.1) is 6.42 Å². The first-order valence-electron chi connectivity index (χ1n) is 5.58. The van der Waals surface area contributed by atoms with Gasteiger partial charge >= 0.3 is 0 Å². The smallest absolute Gasteiger partial charge is 0.174 e. The lowest BCUT2D eigenvalue weighted by Crippen LogP contribution is -2.25. The van der Waals surface area contributed by atoms with Crippen LogP contribution in [0.3, 0.4) is 0 Å². The molecule has 0 fully saturated rings. The van der Waals surface area contributed by atoms with Gasteiger partial charge in [-0.05, 0) is 24.1 Å². The van der Waals surface area contributed by atoms with Crippen LogP contribution in [0.2, 0.25) is 0 Å². The second-order valence-electron chi connectivity index (χ2n) is 3.60. The number of nitrogens with zero attached hydrogens (tertiary/aromatic N) is 1. The van der Waals surface area contributed by atoms with E-state index in [1.165, 1.54) is 0 Å². The second kappa shape index (κ2) is 7.33. The maximum Gasteiger partial charge on any atom is 0.174 e. The molecule has 0 amide bonds. The number of rotatable bonds is 6. The third-order valence-corrected chi connectivity index (χ3v) is 2.39. The quantitative estimate of drug-likeness (QED) is 0.758. The van der Waals surface area contributed by atoms with E-state index in [4.69, 9.17) is 16.4 Å².